The minimum Gasteiger partial charge on any atom is -0.379 e. The number of anilines is 1. The highest BCUT2D eigenvalue weighted by molar-refractivity contribution is 9.10. The zero-order valence-corrected chi connectivity index (χ0v) is 11.4. The maximum Gasteiger partial charge on any atom is 0.0725 e. The van der Waals surface area contributed by atoms with Gasteiger partial charge in [-0.3, -0.25) is 4.98 Å². The summed E-state index contributed by atoms with van der Waals surface area (Å²) in [5, 5.41) is 3.38. The lowest BCUT2D eigenvalue weighted by Crippen LogP contribution is -2.01. The number of fused-ring (bicyclic) bond motifs is 1. The first-order chi connectivity index (χ1) is 8.81. The summed E-state index contributed by atoms with van der Waals surface area (Å²) in [5.74, 6) is 0. The van der Waals surface area contributed by atoms with E-state index >= 15 is 0 Å². The Labute approximate surface area is 114 Å². The topological polar surface area (TPSA) is 34.1 Å². The van der Waals surface area contributed by atoms with Crippen LogP contribution in [0.2, 0.25) is 0 Å². The van der Waals surface area contributed by atoms with Gasteiger partial charge in [0.05, 0.1) is 25.5 Å². The Balaban J connectivity index is 1.68. The number of hydrogen-bond acceptors (Lipinski definition) is 3. The van der Waals surface area contributed by atoms with Crippen LogP contribution in [-0.4, -0.2) is 4.98 Å². The number of nitrogens with zero attached hydrogens (tertiary/aromatic N) is 1. The molecule has 1 N–H and O–H groups in total. The van der Waals surface area contributed by atoms with Crippen molar-refractivity contribution in [2.45, 2.75) is 19.8 Å². The van der Waals surface area contributed by atoms with E-state index in [1.54, 1.807) is 0 Å². The Morgan fingerprint density at radius 2 is 2.06 bits per heavy atom. The molecule has 18 heavy (non-hydrogen) atoms. The van der Waals surface area contributed by atoms with Gasteiger partial charge in [-0.2, -0.15) is 0 Å². The molecule has 0 aliphatic carbocycles. The number of aromatic nitrogens is 1. The highest BCUT2D eigenvalue weighted by Gasteiger charge is 2.10. The lowest BCUT2D eigenvalue weighted by molar-refractivity contribution is 0.134. The first-order valence-corrected chi connectivity index (χ1v) is 6.64. The van der Waals surface area contributed by atoms with Crippen molar-refractivity contribution < 1.29 is 4.74 Å². The van der Waals surface area contributed by atoms with E-state index in [1.807, 2.05) is 18.3 Å². The molecule has 3 nitrogen and oxygen atoms in total. The Morgan fingerprint density at radius 3 is 2.89 bits per heavy atom. The lowest BCUT2D eigenvalue weighted by Gasteiger charge is -2.07. The van der Waals surface area contributed by atoms with Crippen LogP contribution in [0.5, 0.6) is 0 Å². The van der Waals surface area contributed by atoms with Crippen molar-refractivity contribution in [2.24, 2.45) is 0 Å². The van der Waals surface area contributed by atoms with Gasteiger partial charge in [-0.25, -0.2) is 0 Å². The van der Waals surface area contributed by atoms with Crippen LogP contribution in [0, 0.1) is 0 Å². The average molecular weight is 305 g/mol. The van der Waals surface area contributed by atoms with Gasteiger partial charge < -0.3 is 10.1 Å². The number of benzene rings is 1. The van der Waals surface area contributed by atoms with E-state index in [9.17, 15) is 0 Å². The second-order valence-electron chi connectivity index (χ2n) is 4.30. The quantitative estimate of drug-likeness (QED) is 0.942. The number of halogens is 1. The molecule has 3 rings (SSSR count). The molecule has 4 heteroatoms. The maximum absolute atomic E-state index is 5.40. The molecule has 1 aromatic heterocycles. The van der Waals surface area contributed by atoms with Gasteiger partial charge in [-0.1, -0.05) is 6.07 Å². The molecule has 0 fully saturated rings. The third kappa shape index (κ3) is 2.54. The summed E-state index contributed by atoms with van der Waals surface area (Å²) in [6.07, 6.45) is 1.81. The van der Waals surface area contributed by atoms with E-state index in [2.05, 4.69) is 44.4 Å². The second-order valence-corrected chi connectivity index (χ2v) is 5.21. The average Bonchev–Trinajstić information content (AvgIpc) is 2.85. The molecule has 2 aromatic rings. The molecule has 0 unspecified atom stereocenters. The van der Waals surface area contributed by atoms with Crippen LogP contribution in [0.25, 0.3) is 0 Å². The standard InChI is InChI=1S/C14H13BrN2O/c15-12-2-4-14(16-6-12)7-17-13-3-1-10-8-18-9-11(10)5-13/h1-6,17H,7-9H2. The van der Waals surface area contributed by atoms with Gasteiger partial charge in [0.2, 0.25) is 0 Å². The van der Waals surface area contributed by atoms with Crippen molar-refractivity contribution in [3.8, 4) is 0 Å². The van der Waals surface area contributed by atoms with Crippen molar-refractivity contribution in [1.29, 1.82) is 0 Å². The molecule has 0 spiro atoms. The minimum absolute atomic E-state index is 0.724. The van der Waals surface area contributed by atoms with Crippen LogP contribution >= 0.6 is 15.9 Å². The Morgan fingerprint density at radius 1 is 1.17 bits per heavy atom. The van der Waals surface area contributed by atoms with Gasteiger partial charge in [0, 0.05) is 16.4 Å². The molecule has 0 saturated carbocycles. The second kappa shape index (κ2) is 5.08. The smallest absolute Gasteiger partial charge is 0.0725 e. The Kier molecular flexibility index (Phi) is 3.30. The van der Waals surface area contributed by atoms with E-state index in [-0.39, 0.29) is 0 Å². The summed E-state index contributed by atoms with van der Waals surface area (Å²) in [6.45, 7) is 2.19. The zero-order valence-electron chi connectivity index (χ0n) is 9.82. The van der Waals surface area contributed by atoms with Crippen LogP contribution in [-0.2, 0) is 24.5 Å². The van der Waals surface area contributed by atoms with Crippen LogP contribution in [0.3, 0.4) is 0 Å². The van der Waals surface area contributed by atoms with E-state index in [0.717, 1.165) is 35.6 Å². The van der Waals surface area contributed by atoms with Crippen molar-refractivity contribution in [1.82, 2.24) is 4.98 Å². The van der Waals surface area contributed by atoms with Gasteiger partial charge in [0.25, 0.3) is 0 Å². The number of pyridine rings is 1. The molecule has 2 heterocycles. The van der Waals surface area contributed by atoms with Crippen molar-refractivity contribution >= 4 is 21.6 Å². The fourth-order valence-electron chi connectivity index (χ4n) is 1.99. The molecular weight excluding hydrogens is 292 g/mol. The normalized spacial score (nSPS) is 13.4. The summed E-state index contributed by atoms with van der Waals surface area (Å²) in [6, 6.07) is 10.4. The molecule has 0 radical (unpaired) electrons. The minimum atomic E-state index is 0.724. The van der Waals surface area contributed by atoms with Crippen LogP contribution in [0.1, 0.15) is 16.8 Å². The van der Waals surface area contributed by atoms with Gasteiger partial charge in [-0.05, 0) is 51.3 Å². The molecule has 1 aliphatic heterocycles. The third-order valence-corrected chi connectivity index (χ3v) is 3.45. The number of hydrogen-bond donors (Lipinski definition) is 1. The van der Waals surface area contributed by atoms with E-state index in [0.29, 0.717) is 0 Å². The van der Waals surface area contributed by atoms with Crippen molar-refractivity contribution in [2.75, 3.05) is 5.32 Å². The first kappa shape index (κ1) is 11.7. The monoisotopic (exact) mass is 304 g/mol. The predicted molar refractivity (Wildman–Crippen MR) is 74.2 cm³/mol. The third-order valence-electron chi connectivity index (χ3n) is 2.98. The molecule has 1 aliphatic rings. The first-order valence-electron chi connectivity index (χ1n) is 5.85. The number of rotatable bonds is 3. The van der Waals surface area contributed by atoms with Gasteiger partial charge in [-0.15, -0.1) is 0 Å². The van der Waals surface area contributed by atoms with Crippen LogP contribution in [0.15, 0.2) is 41.0 Å². The van der Waals surface area contributed by atoms with E-state index in [1.165, 1.54) is 11.1 Å². The van der Waals surface area contributed by atoms with Gasteiger partial charge >= 0.3 is 0 Å². The number of nitrogens with one attached hydrogen (secondary N) is 1. The largest absolute Gasteiger partial charge is 0.379 e. The van der Waals surface area contributed by atoms with E-state index < -0.39 is 0 Å². The predicted octanol–water partition coefficient (Wildman–Crippen LogP) is 3.49. The molecule has 0 amide bonds. The highest BCUT2D eigenvalue weighted by Crippen LogP contribution is 2.23. The fraction of sp³-hybridized carbons (Fsp3) is 0.214. The summed E-state index contributed by atoms with van der Waals surface area (Å²) in [7, 11) is 0. The summed E-state index contributed by atoms with van der Waals surface area (Å²) in [4.78, 5) is 4.33. The molecule has 1 aromatic carbocycles. The Hall–Kier alpha value is -1.39. The molecule has 92 valence electrons. The lowest BCUT2D eigenvalue weighted by atomic mass is 10.1. The van der Waals surface area contributed by atoms with Crippen molar-refractivity contribution in [3.05, 3.63) is 57.8 Å². The zero-order chi connectivity index (χ0) is 12.4. The number of ether oxygens (including phenoxy) is 1. The fourth-order valence-corrected chi connectivity index (χ4v) is 2.22. The molecular formula is C14H13BrN2O. The summed E-state index contributed by atoms with van der Waals surface area (Å²) >= 11 is 3.38. The van der Waals surface area contributed by atoms with E-state index in [4.69, 9.17) is 4.74 Å². The van der Waals surface area contributed by atoms with Gasteiger partial charge in [0.1, 0.15) is 0 Å². The molecule has 0 bridgehead atoms. The van der Waals surface area contributed by atoms with Gasteiger partial charge in [0.15, 0.2) is 0 Å². The SMILES string of the molecule is Brc1ccc(CNc2ccc3c(c2)COC3)nc1. The van der Waals surface area contributed by atoms with Crippen LogP contribution in [0.4, 0.5) is 5.69 Å². The Bertz CT molecular complexity index is 554. The summed E-state index contributed by atoms with van der Waals surface area (Å²) < 4.78 is 6.40. The van der Waals surface area contributed by atoms with Crippen LogP contribution < -0.4 is 5.32 Å². The molecule has 0 saturated heterocycles. The molecule has 0 atom stereocenters. The van der Waals surface area contributed by atoms with Crippen molar-refractivity contribution in [3.63, 3.8) is 0 Å². The highest BCUT2D eigenvalue weighted by atomic mass is 79.9. The maximum atomic E-state index is 5.40. The summed E-state index contributed by atoms with van der Waals surface area (Å²) in [5.41, 5.74) is 4.71.